The first-order valence-corrected chi connectivity index (χ1v) is 7.30. The molecule has 2 N–H and O–H groups in total. The van der Waals surface area contributed by atoms with E-state index in [4.69, 9.17) is 12.2 Å². The molecule has 0 aliphatic heterocycles. The number of nitrogens with zero attached hydrogens (tertiary/aromatic N) is 3. The van der Waals surface area contributed by atoms with Crippen LogP contribution in [0.25, 0.3) is 0 Å². The van der Waals surface area contributed by atoms with Crippen molar-refractivity contribution in [3.63, 3.8) is 0 Å². The van der Waals surface area contributed by atoms with Gasteiger partial charge in [-0.3, -0.25) is 18.9 Å². The zero-order chi connectivity index (χ0) is 16.3. The second kappa shape index (κ2) is 6.57. The molecule has 22 heavy (non-hydrogen) atoms. The van der Waals surface area contributed by atoms with Gasteiger partial charge >= 0.3 is 0 Å². The largest absolute Gasteiger partial charge is 0.506 e. The van der Waals surface area contributed by atoms with Gasteiger partial charge in [-0.05, 0) is 38.2 Å². The van der Waals surface area contributed by atoms with E-state index in [1.54, 1.807) is 25.1 Å². The molecular formula is C15H17N3O3S. The summed E-state index contributed by atoms with van der Waals surface area (Å²) in [4.78, 5) is 16.5. The number of rotatable bonds is 4. The Bertz CT molecular complexity index is 837. The average Bonchev–Trinajstić information content (AvgIpc) is 2.49. The van der Waals surface area contributed by atoms with Crippen LogP contribution in [0.3, 0.4) is 0 Å². The molecule has 2 rings (SSSR count). The molecule has 0 fully saturated rings. The first kappa shape index (κ1) is 16.0. The molecule has 2 aromatic rings. The lowest BCUT2D eigenvalue weighted by molar-refractivity contribution is 0.399. The zero-order valence-electron chi connectivity index (χ0n) is 12.4. The van der Waals surface area contributed by atoms with Gasteiger partial charge in [0.15, 0.2) is 4.77 Å². The minimum atomic E-state index is -0.408. The SMILES string of the molecule is CCn1c(O)c(C=Nc2ccccc2O)c(=O)n(CC)c1=S. The number of hydrogen-bond acceptors (Lipinski definition) is 5. The van der Waals surface area contributed by atoms with Crippen molar-refractivity contribution < 1.29 is 10.2 Å². The smallest absolute Gasteiger partial charge is 0.267 e. The molecule has 1 heterocycles. The van der Waals surface area contributed by atoms with Gasteiger partial charge in [-0.25, -0.2) is 0 Å². The summed E-state index contributed by atoms with van der Waals surface area (Å²) in [5, 5.41) is 19.9. The highest BCUT2D eigenvalue weighted by molar-refractivity contribution is 7.71. The van der Waals surface area contributed by atoms with Gasteiger partial charge in [0.25, 0.3) is 5.56 Å². The highest BCUT2D eigenvalue weighted by Crippen LogP contribution is 2.25. The molecule has 6 nitrogen and oxygen atoms in total. The third-order valence-electron chi connectivity index (χ3n) is 3.28. The van der Waals surface area contributed by atoms with Gasteiger partial charge in [-0.2, -0.15) is 0 Å². The number of para-hydroxylation sites is 2. The molecule has 0 saturated heterocycles. The summed E-state index contributed by atoms with van der Waals surface area (Å²) in [6.07, 6.45) is 1.25. The van der Waals surface area contributed by atoms with Gasteiger partial charge in [0.05, 0.1) is 0 Å². The lowest BCUT2D eigenvalue weighted by Crippen LogP contribution is -2.27. The molecule has 0 atom stereocenters. The van der Waals surface area contributed by atoms with Crippen molar-refractivity contribution in [2.75, 3.05) is 0 Å². The number of benzene rings is 1. The Labute approximate surface area is 132 Å². The van der Waals surface area contributed by atoms with E-state index in [0.717, 1.165) is 0 Å². The van der Waals surface area contributed by atoms with Gasteiger partial charge in [-0.15, -0.1) is 0 Å². The maximum Gasteiger partial charge on any atom is 0.267 e. The Morgan fingerprint density at radius 2 is 1.82 bits per heavy atom. The predicted molar refractivity (Wildman–Crippen MR) is 87.9 cm³/mol. The molecule has 0 aliphatic rings. The maximum absolute atomic E-state index is 12.4. The first-order valence-electron chi connectivity index (χ1n) is 6.89. The Hall–Kier alpha value is -2.41. The normalized spacial score (nSPS) is 11.2. The standard InChI is InChI=1S/C15H17N3O3S/c1-3-17-13(20)10(14(21)18(4-2)15(17)22)9-16-11-7-5-6-8-12(11)19/h5-9,19-20H,3-4H2,1-2H3. The fourth-order valence-electron chi connectivity index (χ4n) is 2.09. The van der Waals surface area contributed by atoms with E-state index >= 15 is 0 Å². The van der Waals surface area contributed by atoms with Crippen molar-refractivity contribution in [1.29, 1.82) is 0 Å². The van der Waals surface area contributed by atoms with Crippen LogP contribution in [0.4, 0.5) is 5.69 Å². The Morgan fingerprint density at radius 3 is 2.41 bits per heavy atom. The number of aromatic hydroxyl groups is 2. The number of phenols is 1. The summed E-state index contributed by atoms with van der Waals surface area (Å²) >= 11 is 5.20. The molecule has 0 unspecified atom stereocenters. The molecule has 0 bridgehead atoms. The third-order valence-corrected chi connectivity index (χ3v) is 3.72. The van der Waals surface area contributed by atoms with Crippen LogP contribution in [0, 0.1) is 4.77 Å². The zero-order valence-corrected chi connectivity index (χ0v) is 13.2. The molecule has 7 heteroatoms. The van der Waals surface area contributed by atoms with E-state index in [2.05, 4.69) is 4.99 Å². The summed E-state index contributed by atoms with van der Waals surface area (Å²) in [5.41, 5.74) is -0.0516. The number of phenolic OH excluding ortho intramolecular Hbond substituents is 1. The van der Waals surface area contributed by atoms with Crippen molar-refractivity contribution in [2.24, 2.45) is 4.99 Å². The van der Waals surface area contributed by atoms with Gasteiger partial charge in [0.2, 0.25) is 5.88 Å². The van der Waals surface area contributed by atoms with Crippen LogP contribution in [0.2, 0.25) is 0 Å². The molecule has 0 saturated carbocycles. The molecule has 0 spiro atoms. The predicted octanol–water partition coefficient (Wildman–Crippen LogP) is 2.58. The number of aromatic nitrogens is 2. The molecule has 1 aromatic carbocycles. The van der Waals surface area contributed by atoms with Gasteiger partial charge in [-0.1, -0.05) is 12.1 Å². The van der Waals surface area contributed by atoms with Crippen LogP contribution in [0.15, 0.2) is 34.1 Å². The second-order valence-corrected chi connectivity index (χ2v) is 4.93. The second-order valence-electron chi connectivity index (χ2n) is 4.56. The highest BCUT2D eigenvalue weighted by atomic mass is 32.1. The molecule has 116 valence electrons. The summed E-state index contributed by atoms with van der Waals surface area (Å²) in [7, 11) is 0. The van der Waals surface area contributed by atoms with Crippen molar-refractivity contribution in [3.8, 4) is 11.6 Å². The highest BCUT2D eigenvalue weighted by Gasteiger charge is 2.13. The van der Waals surface area contributed by atoms with E-state index in [0.29, 0.717) is 18.8 Å². The summed E-state index contributed by atoms with van der Waals surface area (Å²) in [6.45, 7) is 4.46. The minimum absolute atomic E-state index is 0.00249. The van der Waals surface area contributed by atoms with Gasteiger partial charge in [0.1, 0.15) is 17.0 Å². The van der Waals surface area contributed by atoms with Crippen LogP contribution < -0.4 is 5.56 Å². The summed E-state index contributed by atoms with van der Waals surface area (Å²) in [6, 6.07) is 6.49. The molecule has 0 aliphatic carbocycles. The monoisotopic (exact) mass is 319 g/mol. The maximum atomic E-state index is 12.4. The van der Waals surface area contributed by atoms with Crippen molar-refractivity contribution in [1.82, 2.24) is 9.13 Å². The lowest BCUT2D eigenvalue weighted by Gasteiger charge is -2.13. The van der Waals surface area contributed by atoms with E-state index in [1.165, 1.54) is 21.4 Å². The Balaban J connectivity index is 2.64. The molecule has 0 radical (unpaired) electrons. The quantitative estimate of drug-likeness (QED) is 0.670. The third kappa shape index (κ3) is 2.80. The summed E-state index contributed by atoms with van der Waals surface area (Å²) in [5.74, 6) is -0.223. The van der Waals surface area contributed by atoms with Crippen molar-refractivity contribution in [2.45, 2.75) is 26.9 Å². The fourth-order valence-corrected chi connectivity index (χ4v) is 2.52. The van der Waals surface area contributed by atoms with Crippen LogP contribution in [-0.4, -0.2) is 25.6 Å². The van der Waals surface area contributed by atoms with E-state index in [1.807, 2.05) is 6.92 Å². The van der Waals surface area contributed by atoms with Crippen LogP contribution in [0.5, 0.6) is 11.6 Å². The van der Waals surface area contributed by atoms with E-state index in [9.17, 15) is 15.0 Å². The van der Waals surface area contributed by atoms with Crippen LogP contribution >= 0.6 is 12.2 Å². The summed E-state index contributed by atoms with van der Waals surface area (Å²) < 4.78 is 3.13. The number of hydrogen-bond donors (Lipinski definition) is 2. The van der Waals surface area contributed by atoms with Crippen molar-refractivity contribution >= 4 is 24.1 Å². The minimum Gasteiger partial charge on any atom is -0.506 e. The Kier molecular flexibility index (Phi) is 4.77. The fraction of sp³-hybridized carbons (Fsp3) is 0.267. The topological polar surface area (TPSA) is 79.8 Å². The Morgan fingerprint density at radius 1 is 1.18 bits per heavy atom. The van der Waals surface area contributed by atoms with Gasteiger partial charge in [0, 0.05) is 19.3 Å². The van der Waals surface area contributed by atoms with Gasteiger partial charge < -0.3 is 10.2 Å². The lowest BCUT2D eigenvalue weighted by atomic mass is 10.3. The van der Waals surface area contributed by atoms with E-state index < -0.39 is 5.56 Å². The number of aliphatic imine (C=N–C) groups is 1. The van der Waals surface area contributed by atoms with Crippen molar-refractivity contribution in [3.05, 3.63) is 45.0 Å². The average molecular weight is 319 g/mol. The molecule has 1 aromatic heterocycles. The van der Waals surface area contributed by atoms with Crippen LogP contribution in [0.1, 0.15) is 19.4 Å². The van der Waals surface area contributed by atoms with E-state index in [-0.39, 0.29) is 22.0 Å². The van der Waals surface area contributed by atoms with Crippen LogP contribution in [-0.2, 0) is 13.1 Å². The molecular weight excluding hydrogens is 302 g/mol. The first-order chi connectivity index (χ1) is 10.5. The molecule has 0 amide bonds.